The van der Waals surface area contributed by atoms with Crippen LogP contribution in [0.3, 0.4) is 0 Å². The van der Waals surface area contributed by atoms with Crippen molar-refractivity contribution in [2.75, 3.05) is 0 Å². The number of nitro groups is 1. The SMILES string of the molecule is C[C@H](NC(=O)N[C@H](C)c1cccc([N+](=O)[O-])c1)c1cnn(C)c1. The molecule has 0 unspecified atom stereocenters. The first-order valence-corrected chi connectivity index (χ1v) is 7.16. The molecule has 0 spiro atoms. The summed E-state index contributed by atoms with van der Waals surface area (Å²) in [5.41, 5.74) is 1.56. The number of rotatable bonds is 5. The summed E-state index contributed by atoms with van der Waals surface area (Å²) >= 11 is 0. The summed E-state index contributed by atoms with van der Waals surface area (Å²) in [5.74, 6) is 0. The number of nitrogens with one attached hydrogen (secondary N) is 2. The maximum Gasteiger partial charge on any atom is 0.315 e. The zero-order valence-corrected chi connectivity index (χ0v) is 13.2. The van der Waals surface area contributed by atoms with Crippen LogP contribution in [0.2, 0.25) is 0 Å². The Labute approximate surface area is 133 Å². The Morgan fingerprint density at radius 1 is 1.26 bits per heavy atom. The molecule has 0 saturated carbocycles. The van der Waals surface area contributed by atoms with E-state index in [9.17, 15) is 14.9 Å². The van der Waals surface area contributed by atoms with Crippen LogP contribution in [0.15, 0.2) is 36.7 Å². The van der Waals surface area contributed by atoms with Crippen molar-refractivity contribution in [3.63, 3.8) is 0 Å². The van der Waals surface area contributed by atoms with Crippen LogP contribution in [-0.4, -0.2) is 20.7 Å². The van der Waals surface area contributed by atoms with Gasteiger partial charge in [0, 0.05) is 30.9 Å². The first-order chi connectivity index (χ1) is 10.9. The van der Waals surface area contributed by atoms with E-state index in [4.69, 9.17) is 0 Å². The van der Waals surface area contributed by atoms with Gasteiger partial charge >= 0.3 is 6.03 Å². The van der Waals surface area contributed by atoms with E-state index in [0.29, 0.717) is 5.56 Å². The van der Waals surface area contributed by atoms with Crippen molar-refractivity contribution in [3.8, 4) is 0 Å². The van der Waals surface area contributed by atoms with Crippen LogP contribution in [0.5, 0.6) is 0 Å². The van der Waals surface area contributed by atoms with Gasteiger partial charge in [0.2, 0.25) is 0 Å². The second kappa shape index (κ2) is 6.91. The molecule has 0 radical (unpaired) electrons. The molecular formula is C15H19N5O3. The number of hydrogen-bond acceptors (Lipinski definition) is 4. The number of aryl methyl sites for hydroxylation is 1. The summed E-state index contributed by atoms with van der Waals surface area (Å²) in [5, 5.41) is 20.4. The molecule has 0 saturated heterocycles. The van der Waals surface area contributed by atoms with E-state index in [2.05, 4.69) is 15.7 Å². The molecule has 1 heterocycles. The predicted molar refractivity (Wildman–Crippen MR) is 84.8 cm³/mol. The summed E-state index contributed by atoms with van der Waals surface area (Å²) in [7, 11) is 1.81. The van der Waals surface area contributed by atoms with E-state index in [-0.39, 0.29) is 23.8 Å². The number of carbonyl (C=O) groups excluding carboxylic acids is 1. The Balaban J connectivity index is 1.96. The van der Waals surface area contributed by atoms with Gasteiger partial charge in [-0.3, -0.25) is 14.8 Å². The highest BCUT2D eigenvalue weighted by molar-refractivity contribution is 5.75. The molecule has 2 N–H and O–H groups in total. The van der Waals surface area contributed by atoms with Crippen LogP contribution in [0.1, 0.15) is 37.1 Å². The third-order valence-electron chi connectivity index (χ3n) is 3.50. The van der Waals surface area contributed by atoms with E-state index in [0.717, 1.165) is 5.56 Å². The lowest BCUT2D eigenvalue weighted by Crippen LogP contribution is -2.38. The molecule has 8 nitrogen and oxygen atoms in total. The highest BCUT2D eigenvalue weighted by atomic mass is 16.6. The lowest BCUT2D eigenvalue weighted by Gasteiger charge is -2.17. The molecule has 0 aliphatic heterocycles. The molecular weight excluding hydrogens is 298 g/mol. The number of nitro benzene ring substituents is 1. The Morgan fingerprint density at radius 2 is 1.91 bits per heavy atom. The highest BCUT2D eigenvalue weighted by Gasteiger charge is 2.15. The van der Waals surface area contributed by atoms with Gasteiger partial charge in [-0.25, -0.2) is 4.79 Å². The van der Waals surface area contributed by atoms with Crippen LogP contribution in [0, 0.1) is 10.1 Å². The van der Waals surface area contributed by atoms with Crippen molar-refractivity contribution in [2.45, 2.75) is 25.9 Å². The number of amides is 2. The molecule has 0 bridgehead atoms. The summed E-state index contributed by atoms with van der Waals surface area (Å²) < 4.78 is 1.66. The number of nitrogens with zero attached hydrogens (tertiary/aromatic N) is 3. The Kier molecular flexibility index (Phi) is 4.95. The van der Waals surface area contributed by atoms with Gasteiger partial charge in [0.05, 0.1) is 23.2 Å². The van der Waals surface area contributed by atoms with Gasteiger partial charge in [-0.15, -0.1) is 0 Å². The topological polar surface area (TPSA) is 102 Å². The molecule has 2 amide bonds. The number of non-ortho nitro benzene ring substituents is 1. The summed E-state index contributed by atoms with van der Waals surface area (Å²) in [6, 6.07) is 5.32. The normalized spacial score (nSPS) is 13.2. The summed E-state index contributed by atoms with van der Waals surface area (Å²) in [6.45, 7) is 3.63. The molecule has 1 aromatic carbocycles. The van der Waals surface area contributed by atoms with E-state index in [1.807, 2.05) is 13.1 Å². The monoisotopic (exact) mass is 317 g/mol. The van der Waals surface area contributed by atoms with Gasteiger partial charge in [-0.1, -0.05) is 12.1 Å². The molecule has 2 atom stereocenters. The van der Waals surface area contributed by atoms with Crippen molar-refractivity contribution in [1.29, 1.82) is 0 Å². The highest BCUT2D eigenvalue weighted by Crippen LogP contribution is 2.19. The minimum absolute atomic E-state index is 0.000265. The standard InChI is InChI=1S/C15H19N5O3/c1-10(12-5-4-6-14(7-12)20(22)23)17-15(21)18-11(2)13-8-16-19(3)9-13/h4-11H,1-3H3,(H2,17,18,21)/t10-,11+/m1/s1. The second-order valence-electron chi connectivity index (χ2n) is 5.36. The first kappa shape index (κ1) is 16.5. The number of urea groups is 1. The molecule has 1 aromatic heterocycles. The van der Waals surface area contributed by atoms with Gasteiger partial charge in [0.1, 0.15) is 0 Å². The number of hydrogen-bond donors (Lipinski definition) is 2. The molecule has 0 fully saturated rings. The Morgan fingerprint density at radius 3 is 2.48 bits per heavy atom. The lowest BCUT2D eigenvalue weighted by molar-refractivity contribution is -0.384. The molecule has 2 rings (SSSR count). The molecule has 2 aromatic rings. The Bertz CT molecular complexity index is 713. The van der Waals surface area contributed by atoms with Gasteiger partial charge < -0.3 is 10.6 Å². The summed E-state index contributed by atoms with van der Waals surface area (Å²) in [4.78, 5) is 22.4. The predicted octanol–water partition coefficient (Wildman–Crippen LogP) is 2.45. The van der Waals surface area contributed by atoms with Crippen LogP contribution in [0.4, 0.5) is 10.5 Å². The molecule has 0 aliphatic carbocycles. The van der Waals surface area contributed by atoms with Gasteiger partial charge in [0.25, 0.3) is 5.69 Å². The zero-order valence-electron chi connectivity index (χ0n) is 13.2. The molecule has 0 aliphatic rings. The second-order valence-corrected chi connectivity index (χ2v) is 5.36. The van der Waals surface area contributed by atoms with Gasteiger partial charge in [-0.05, 0) is 19.4 Å². The average molecular weight is 317 g/mol. The summed E-state index contributed by atoms with van der Waals surface area (Å²) in [6.07, 6.45) is 3.52. The van der Waals surface area contributed by atoms with Crippen LogP contribution in [-0.2, 0) is 7.05 Å². The largest absolute Gasteiger partial charge is 0.332 e. The third kappa shape index (κ3) is 4.29. The van der Waals surface area contributed by atoms with E-state index in [1.54, 1.807) is 37.0 Å². The van der Waals surface area contributed by atoms with Crippen LogP contribution >= 0.6 is 0 Å². The van der Waals surface area contributed by atoms with E-state index >= 15 is 0 Å². The molecule has 23 heavy (non-hydrogen) atoms. The fourth-order valence-corrected chi connectivity index (χ4v) is 2.17. The van der Waals surface area contributed by atoms with Gasteiger partial charge in [-0.2, -0.15) is 5.10 Å². The van der Waals surface area contributed by atoms with E-state index < -0.39 is 4.92 Å². The zero-order chi connectivity index (χ0) is 17.0. The fourth-order valence-electron chi connectivity index (χ4n) is 2.17. The maximum atomic E-state index is 12.1. The molecule has 8 heteroatoms. The minimum Gasteiger partial charge on any atom is -0.332 e. The average Bonchev–Trinajstić information content (AvgIpc) is 2.94. The lowest BCUT2D eigenvalue weighted by atomic mass is 10.1. The fraction of sp³-hybridized carbons (Fsp3) is 0.333. The van der Waals surface area contributed by atoms with Crippen molar-refractivity contribution >= 4 is 11.7 Å². The van der Waals surface area contributed by atoms with Crippen molar-refractivity contribution < 1.29 is 9.72 Å². The third-order valence-corrected chi connectivity index (χ3v) is 3.50. The number of benzene rings is 1. The van der Waals surface area contributed by atoms with Crippen LogP contribution in [0.25, 0.3) is 0 Å². The van der Waals surface area contributed by atoms with Crippen molar-refractivity contribution in [1.82, 2.24) is 20.4 Å². The van der Waals surface area contributed by atoms with E-state index in [1.165, 1.54) is 12.1 Å². The van der Waals surface area contributed by atoms with Gasteiger partial charge in [0.15, 0.2) is 0 Å². The van der Waals surface area contributed by atoms with Crippen LogP contribution < -0.4 is 10.6 Å². The van der Waals surface area contributed by atoms with Crippen molar-refractivity contribution in [3.05, 3.63) is 57.9 Å². The minimum atomic E-state index is -0.458. The number of carbonyl (C=O) groups is 1. The Hall–Kier alpha value is -2.90. The molecule has 122 valence electrons. The maximum absolute atomic E-state index is 12.1. The first-order valence-electron chi connectivity index (χ1n) is 7.16. The number of aromatic nitrogens is 2. The van der Waals surface area contributed by atoms with Crippen molar-refractivity contribution in [2.24, 2.45) is 7.05 Å². The quantitative estimate of drug-likeness (QED) is 0.653. The smallest absolute Gasteiger partial charge is 0.315 e.